The van der Waals surface area contributed by atoms with Crippen LogP contribution < -0.4 is 5.32 Å². The zero-order chi connectivity index (χ0) is 28.3. The number of nitrogens with zero attached hydrogens (tertiary/aromatic N) is 6. The van der Waals surface area contributed by atoms with Gasteiger partial charge in [-0.25, -0.2) is 9.97 Å². The number of aliphatic hydroxyl groups excluding tert-OH is 1. The summed E-state index contributed by atoms with van der Waals surface area (Å²) in [5.41, 5.74) is 2.80. The van der Waals surface area contributed by atoms with Crippen LogP contribution in [0.4, 0.5) is 11.8 Å². The molecule has 2 saturated carbocycles. The largest absolute Gasteiger partial charge is 0.396 e. The fourth-order valence-corrected chi connectivity index (χ4v) is 7.24. The Morgan fingerprint density at radius 3 is 2.37 bits per heavy atom. The number of carbonyl (C=O) groups is 1. The summed E-state index contributed by atoms with van der Waals surface area (Å²) in [6.45, 7) is 3.87. The number of fused-ring (bicyclic) bond motifs is 1. The van der Waals surface area contributed by atoms with Gasteiger partial charge in [-0.3, -0.25) is 4.79 Å². The molecule has 0 radical (unpaired) electrons. The number of hydrogen-bond acceptors (Lipinski definition) is 7. The van der Waals surface area contributed by atoms with E-state index in [2.05, 4.69) is 25.8 Å². The van der Waals surface area contributed by atoms with E-state index in [1.807, 2.05) is 24.5 Å². The van der Waals surface area contributed by atoms with Crippen molar-refractivity contribution < 1.29 is 9.90 Å². The molecule has 4 heterocycles. The Bertz CT molecular complexity index is 1320. The first kappa shape index (κ1) is 28.1. The Balaban J connectivity index is 1.09. The van der Waals surface area contributed by atoms with E-state index in [9.17, 15) is 9.90 Å². The second-order valence-corrected chi connectivity index (χ2v) is 12.8. The lowest BCUT2D eigenvalue weighted by Crippen LogP contribution is -2.37. The van der Waals surface area contributed by atoms with Crippen LogP contribution in [0.1, 0.15) is 92.2 Å². The molecule has 0 aromatic carbocycles. The molecule has 1 saturated heterocycles. The van der Waals surface area contributed by atoms with Crippen molar-refractivity contribution in [3.05, 3.63) is 41.9 Å². The minimum Gasteiger partial charge on any atom is -0.396 e. The molecular weight excluding hydrogens is 514 g/mol. The number of aliphatic hydroxyl groups is 1. The van der Waals surface area contributed by atoms with Crippen molar-refractivity contribution in [2.45, 2.75) is 76.2 Å². The molecule has 2 aliphatic carbocycles. The van der Waals surface area contributed by atoms with E-state index in [0.29, 0.717) is 36.1 Å². The lowest BCUT2D eigenvalue weighted by molar-refractivity contribution is 0.0815. The van der Waals surface area contributed by atoms with Gasteiger partial charge in [0.15, 0.2) is 0 Å². The summed E-state index contributed by atoms with van der Waals surface area (Å²) >= 11 is 0. The quantitative estimate of drug-likeness (QED) is 0.383. The minimum atomic E-state index is -0.00215. The number of rotatable bonds is 8. The third kappa shape index (κ3) is 6.26. The van der Waals surface area contributed by atoms with Crippen LogP contribution in [0.3, 0.4) is 0 Å². The fraction of sp³-hybridized carbons (Fsp3) is 0.625. The normalized spacial score (nSPS) is 22.8. The van der Waals surface area contributed by atoms with E-state index >= 15 is 0 Å². The zero-order valence-corrected chi connectivity index (χ0v) is 24.6. The van der Waals surface area contributed by atoms with Crippen LogP contribution in [0.5, 0.6) is 0 Å². The molecule has 3 aliphatic rings. The fourth-order valence-electron chi connectivity index (χ4n) is 7.24. The molecular formula is C32H45N7O2. The molecule has 6 rings (SSSR count). The molecule has 0 spiro atoms. The van der Waals surface area contributed by atoms with Crippen molar-refractivity contribution in [2.75, 3.05) is 45.7 Å². The maximum Gasteiger partial charge on any atom is 0.270 e. The molecule has 0 unspecified atom stereocenters. The van der Waals surface area contributed by atoms with Crippen LogP contribution in [0.15, 0.2) is 30.6 Å². The Morgan fingerprint density at radius 2 is 1.71 bits per heavy atom. The topological polar surface area (TPSA) is 99.4 Å². The van der Waals surface area contributed by atoms with Crippen molar-refractivity contribution in [1.29, 1.82) is 0 Å². The smallest absolute Gasteiger partial charge is 0.270 e. The summed E-state index contributed by atoms with van der Waals surface area (Å²) in [6.07, 6.45) is 15.6. The van der Waals surface area contributed by atoms with Crippen LogP contribution in [-0.2, 0) is 0 Å². The molecule has 0 bridgehead atoms. The first-order valence-electron chi connectivity index (χ1n) is 15.6. The van der Waals surface area contributed by atoms with E-state index in [4.69, 9.17) is 9.97 Å². The van der Waals surface area contributed by atoms with Crippen molar-refractivity contribution in [3.63, 3.8) is 0 Å². The molecule has 1 amide bonds. The second kappa shape index (κ2) is 12.4. The summed E-state index contributed by atoms with van der Waals surface area (Å²) in [6, 6.07) is 6.45. The van der Waals surface area contributed by atoms with Gasteiger partial charge in [0, 0.05) is 51.1 Å². The van der Waals surface area contributed by atoms with Gasteiger partial charge in [0.2, 0.25) is 5.95 Å². The third-order valence-corrected chi connectivity index (χ3v) is 9.72. The summed E-state index contributed by atoms with van der Waals surface area (Å²) in [5, 5.41) is 13.6. The predicted molar refractivity (Wildman–Crippen MR) is 162 cm³/mol. The standard InChI is InChI=1S/C32H45N7O2/c1-37(2)31(41)28-17-26-19-34-32(36-30(26)39(28)27-5-3-4-6-27)35-29-12-11-25(18-33-29)24-13-15-38(16-14-24)20-22-7-9-23(21-40)10-8-22/h11-12,17-19,22-24,27,40H,3-10,13-16,20-21H2,1-2H3,(H,33,34,35,36). The molecule has 3 aromatic heterocycles. The van der Waals surface area contributed by atoms with E-state index in [-0.39, 0.29) is 5.91 Å². The van der Waals surface area contributed by atoms with Crippen molar-refractivity contribution in [3.8, 4) is 0 Å². The second-order valence-electron chi connectivity index (χ2n) is 12.8. The number of aromatic nitrogens is 4. The van der Waals surface area contributed by atoms with Gasteiger partial charge in [-0.2, -0.15) is 4.98 Å². The zero-order valence-electron chi connectivity index (χ0n) is 24.6. The predicted octanol–water partition coefficient (Wildman–Crippen LogP) is 5.36. The van der Waals surface area contributed by atoms with Crippen molar-refractivity contribution in [1.82, 2.24) is 29.3 Å². The first-order chi connectivity index (χ1) is 20.0. The average Bonchev–Trinajstić information content (AvgIpc) is 3.66. The van der Waals surface area contributed by atoms with Crippen LogP contribution in [-0.4, -0.2) is 80.7 Å². The lowest BCUT2D eigenvalue weighted by Gasteiger charge is -2.36. The third-order valence-electron chi connectivity index (χ3n) is 9.72. The van der Waals surface area contributed by atoms with Gasteiger partial charge in [-0.05, 0) is 99.9 Å². The summed E-state index contributed by atoms with van der Waals surface area (Å²) in [4.78, 5) is 31.4. The highest BCUT2D eigenvalue weighted by Crippen LogP contribution is 2.35. The Hall–Kier alpha value is -3.04. The van der Waals surface area contributed by atoms with Gasteiger partial charge < -0.3 is 24.8 Å². The van der Waals surface area contributed by atoms with E-state index in [1.54, 1.807) is 19.0 Å². The summed E-state index contributed by atoms with van der Waals surface area (Å²) in [7, 11) is 3.59. The number of anilines is 2. The highest BCUT2D eigenvalue weighted by atomic mass is 16.3. The SMILES string of the molecule is CN(C)C(=O)c1cc2cnc(Nc3ccc(C4CCN(CC5CCC(CO)CC5)CC4)cn3)nc2n1C1CCCC1. The molecule has 3 aromatic rings. The van der Waals surface area contributed by atoms with Crippen LogP contribution >= 0.6 is 0 Å². The number of nitrogens with one attached hydrogen (secondary N) is 1. The van der Waals surface area contributed by atoms with Gasteiger partial charge in [-0.15, -0.1) is 0 Å². The Labute approximate surface area is 243 Å². The van der Waals surface area contributed by atoms with Gasteiger partial charge in [0.05, 0.1) is 0 Å². The number of carbonyl (C=O) groups excluding carboxylic acids is 1. The van der Waals surface area contributed by atoms with Crippen molar-refractivity contribution >= 4 is 28.7 Å². The molecule has 2 N–H and O–H groups in total. The van der Waals surface area contributed by atoms with Crippen molar-refractivity contribution in [2.24, 2.45) is 11.8 Å². The molecule has 9 heteroatoms. The van der Waals surface area contributed by atoms with Gasteiger partial charge >= 0.3 is 0 Å². The summed E-state index contributed by atoms with van der Waals surface area (Å²) in [5.74, 6) is 3.11. The first-order valence-corrected chi connectivity index (χ1v) is 15.6. The molecule has 3 fully saturated rings. The highest BCUT2D eigenvalue weighted by Gasteiger charge is 2.28. The highest BCUT2D eigenvalue weighted by molar-refractivity contribution is 5.97. The molecule has 1 aliphatic heterocycles. The Morgan fingerprint density at radius 1 is 0.976 bits per heavy atom. The van der Waals surface area contributed by atoms with Gasteiger partial charge in [0.25, 0.3) is 5.91 Å². The number of piperidine rings is 1. The van der Waals surface area contributed by atoms with E-state index in [0.717, 1.165) is 48.7 Å². The minimum absolute atomic E-state index is 0.00215. The lowest BCUT2D eigenvalue weighted by atomic mass is 9.81. The average molecular weight is 560 g/mol. The van der Waals surface area contributed by atoms with E-state index < -0.39 is 0 Å². The van der Waals surface area contributed by atoms with Gasteiger partial charge in [0.1, 0.15) is 17.2 Å². The van der Waals surface area contributed by atoms with Crippen LogP contribution in [0.2, 0.25) is 0 Å². The molecule has 0 atom stereocenters. The molecule has 220 valence electrons. The maximum absolute atomic E-state index is 13.0. The van der Waals surface area contributed by atoms with E-state index in [1.165, 1.54) is 63.5 Å². The number of hydrogen-bond donors (Lipinski definition) is 2. The molecule has 41 heavy (non-hydrogen) atoms. The van der Waals surface area contributed by atoms with Crippen LogP contribution in [0, 0.1) is 11.8 Å². The molecule has 9 nitrogen and oxygen atoms in total. The monoisotopic (exact) mass is 559 g/mol. The van der Waals surface area contributed by atoms with Gasteiger partial charge in [-0.1, -0.05) is 18.9 Å². The maximum atomic E-state index is 13.0. The van der Waals surface area contributed by atoms with Crippen LogP contribution in [0.25, 0.3) is 11.0 Å². The Kier molecular flexibility index (Phi) is 8.53. The number of amides is 1. The number of likely N-dealkylation sites (tertiary alicyclic amines) is 1. The summed E-state index contributed by atoms with van der Waals surface area (Å²) < 4.78 is 2.14. The number of pyridine rings is 1.